The Morgan fingerprint density at radius 3 is 2.88 bits per heavy atom. The molecule has 1 aromatic carbocycles. The van der Waals surface area contributed by atoms with Gasteiger partial charge in [0.05, 0.1) is 24.0 Å². The highest BCUT2D eigenvalue weighted by Crippen LogP contribution is 2.26. The molecule has 0 radical (unpaired) electrons. The number of rotatable bonds is 3. The molecule has 0 atom stereocenters. The second kappa shape index (κ2) is 4.55. The van der Waals surface area contributed by atoms with Crippen LogP contribution in [0.25, 0.3) is 5.69 Å². The molecule has 0 saturated heterocycles. The summed E-state index contributed by atoms with van der Waals surface area (Å²) >= 11 is 6.03. The molecule has 0 fully saturated rings. The number of nitrogens with two attached hydrogens (primary N) is 1. The van der Waals surface area contributed by atoms with Crippen molar-refractivity contribution < 1.29 is 4.74 Å². The van der Waals surface area contributed by atoms with Crippen LogP contribution in [0.1, 0.15) is 5.56 Å². The van der Waals surface area contributed by atoms with Gasteiger partial charge in [-0.15, -0.1) is 0 Å². The van der Waals surface area contributed by atoms with Gasteiger partial charge >= 0.3 is 0 Å². The van der Waals surface area contributed by atoms with Gasteiger partial charge < -0.3 is 10.5 Å². The zero-order chi connectivity index (χ0) is 11.5. The van der Waals surface area contributed by atoms with Gasteiger partial charge in [-0.2, -0.15) is 5.10 Å². The summed E-state index contributed by atoms with van der Waals surface area (Å²) < 4.78 is 6.81. The van der Waals surface area contributed by atoms with Gasteiger partial charge in [0.2, 0.25) is 0 Å². The highest BCUT2D eigenvalue weighted by atomic mass is 35.5. The van der Waals surface area contributed by atoms with Crippen molar-refractivity contribution in [2.45, 2.75) is 6.54 Å². The van der Waals surface area contributed by atoms with Gasteiger partial charge in [-0.25, -0.2) is 4.68 Å². The van der Waals surface area contributed by atoms with E-state index in [2.05, 4.69) is 5.10 Å². The number of hydrogen-bond acceptors (Lipinski definition) is 3. The molecule has 5 heteroatoms. The third-order valence-corrected chi connectivity index (χ3v) is 2.57. The number of ether oxygens (including phenoxy) is 1. The highest BCUT2D eigenvalue weighted by molar-refractivity contribution is 6.32. The van der Waals surface area contributed by atoms with Gasteiger partial charge in [0.25, 0.3) is 0 Å². The number of benzene rings is 1. The van der Waals surface area contributed by atoms with Crippen LogP contribution >= 0.6 is 11.6 Å². The normalized spacial score (nSPS) is 10.4. The monoisotopic (exact) mass is 237 g/mol. The summed E-state index contributed by atoms with van der Waals surface area (Å²) in [5.41, 5.74) is 7.38. The van der Waals surface area contributed by atoms with Gasteiger partial charge in [0.15, 0.2) is 0 Å². The highest BCUT2D eigenvalue weighted by Gasteiger charge is 2.04. The van der Waals surface area contributed by atoms with Crippen molar-refractivity contribution in [1.82, 2.24) is 9.78 Å². The smallest absolute Gasteiger partial charge is 0.137 e. The number of halogens is 1. The fourth-order valence-electron chi connectivity index (χ4n) is 1.40. The number of nitrogens with zero attached hydrogens (tertiary/aromatic N) is 2. The zero-order valence-corrected chi connectivity index (χ0v) is 9.61. The van der Waals surface area contributed by atoms with Gasteiger partial charge in [-0.1, -0.05) is 11.6 Å². The molecular formula is C11H12ClN3O. The maximum Gasteiger partial charge on any atom is 0.137 e. The van der Waals surface area contributed by atoms with Gasteiger partial charge in [-0.3, -0.25) is 0 Å². The topological polar surface area (TPSA) is 53.1 Å². The minimum absolute atomic E-state index is 0.476. The molecule has 0 amide bonds. The SMILES string of the molecule is COc1ccc(-n2cc(CN)cn2)cc1Cl. The maximum absolute atomic E-state index is 6.03. The Hall–Kier alpha value is -1.52. The second-order valence-corrected chi connectivity index (χ2v) is 3.72. The molecule has 4 nitrogen and oxygen atoms in total. The molecule has 84 valence electrons. The summed E-state index contributed by atoms with van der Waals surface area (Å²) in [7, 11) is 1.58. The van der Waals surface area contributed by atoms with E-state index in [9.17, 15) is 0 Å². The first-order valence-electron chi connectivity index (χ1n) is 4.82. The Balaban J connectivity index is 2.37. The Morgan fingerprint density at radius 2 is 2.31 bits per heavy atom. The van der Waals surface area contributed by atoms with Gasteiger partial charge in [0.1, 0.15) is 5.75 Å². The Morgan fingerprint density at radius 1 is 1.50 bits per heavy atom. The van der Waals surface area contributed by atoms with Crippen LogP contribution in [0.3, 0.4) is 0 Å². The van der Waals surface area contributed by atoms with Gasteiger partial charge in [-0.05, 0) is 18.2 Å². The van der Waals surface area contributed by atoms with Crippen molar-refractivity contribution in [2.75, 3.05) is 7.11 Å². The van der Waals surface area contributed by atoms with Crippen LogP contribution in [0, 0.1) is 0 Å². The van der Waals surface area contributed by atoms with E-state index in [4.69, 9.17) is 22.1 Å². The predicted molar refractivity (Wildman–Crippen MR) is 63.0 cm³/mol. The van der Waals surface area contributed by atoms with E-state index in [-0.39, 0.29) is 0 Å². The molecule has 2 rings (SSSR count). The number of aromatic nitrogens is 2. The molecule has 0 bridgehead atoms. The quantitative estimate of drug-likeness (QED) is 0.888. The molecule has 0 aliphatic carbocycles. The lowest BCUT2D eigenvalue weighted by atomic mass is 10.3. The first-order valence-corrected chi connectivity index (χ1v) is 5.20. The molecular weight excluding hydrogens is 226 g/mol. The van der Waals surface area contributed by atoms with E-state index in [1.165, 1.54) is 0 Å². The lowest BCUT2D eigenvalue weighted by molar-refractivity contribution is 0.415. The van der Waals surface area contributed by atoms with E-state index in [1.54, 1.807) is 24.1 Å². The first kappa shape index (κ1) is 11.0. The summed E-state index contributed by atoms with van der Waals surface area (Å²) in [6.45, 7) is 0.476. The van der Waals surface area contributed by atoms with Crippen molar-refractivity contribution in [3.8, 4) is 11.4 Å². The standard InChI is InChI=1S/C11H12ClN3O/c1-16-11-3-2-9(4-10(11)12)15-7-8(5-13)6-14-15/h2-4,6-7H,5,13H2,1H3. The molecule has 2 N–H and O–H groups in total. The molecule has 16 heavy (non-hydrogen) atoms. The molecule has 2 aromatic rings. The molecule has 0 saturated carbocycles. The van der Waals surface area contributed by atoms with Crippen LogP contribution in [0.2, 0.25) is 5.02 Å². The van der Waals surface area contributed by atoms with Crippen LogP contribution in [0.4, 0.5) is 0 Å². The van der Waals surface area contributed by atoms with Crippen molar-refractivity contribution in [3.63, 3.8) is 0 Å². The van der Waals surface area contributed by atoms with E-state index in [0.29, 0.717) is 17.3 Å². The number of hydrogen-bond donors (Lipinski definition) is 1. The minimum atomic E-state index is 0.476. The maximum atomic E-state index is 6.03. The lowest BCUT2D eigenvalue weighted by Crippen LogP contribution is -1.96. The summed E-state index contributed by atoms with van der Waals surface area (Å²) in [5.74, 6) is 0.650. The Kier molecular flexibility index (Phi) is 3.12. The average molecular weight is 238 g/mol. The molecule has 0 spiro atoms. The molecule has 1 heterocycles. The number of methoxy groups -OCH3 is 1. The molecule has 0 aliphatic rings. The van der Waals surface area contributed by atoms with Crippen LogP contribution < -0.4 is 10.5 Å². The van der Waals surface area contributed by atoms with E-state index < -0.39 is 0 Å². The first-order chi connectivity index (χ1) is 7.74. The Labute approximate surface area is 98.6 Å². The van der Waals surface area contributed by atoms with Crippen molar-refractivity contribution >= 4 is 11.6 Å². The lowest BCUT2D eigenvalue weighted by Gasteiger charge is -2.05. The molecule has 0 aliphatic heterocycles. The fourth-order valence-corrected chi connectivity index (χ4v) is 1.66. The van der Waals surface area contributed by atoms with Crippen LogP contribution in [-0.2, 0) is 6.54 Å². The van der Waals surface area contributed by atoms with Crippen molar-refractivity contribution in [3.05, 3.63) is 41.2 Å². The summed E-state index contributed by atoms with van der Waals surface area (Å²) in [5, 5.41) is 4.75. The predicted octanol–water partition coefficient (Wildman–Crippen LogP) is 1.99. The summed E-state index contributed by atoms with van der Waals surface area (Å²) in [4.78, 5) is 0. The summed E-state index contributed by atoms with van der Waals surface area (Å²) in [6.07, 6.45) is 3.61. The minimum Gasteiger partial charge on any atom is -0.495 e. The van der Waals surface area contributed by atoms with Crippen LogP contribution in [0.5, 0.6) is 5.75 Å². The van der Waals surface area contributed by atoms with Crippen LogP contribution in [-0.4, -0.2) is 16.9 Å². The fraction of sp³-hybridized carbons (Fsp3) is 0.182. The van der Waals surface area contributed by atoms with E-state index >= 15 is 0 Å². The van der Waals surface area contributed by atoms with Crippen LogP contribution in [0.15, 0.2) is 30.6 Å². The Bertz CT molecular complexity index is 496. The largest absolute Gasteiger partial charge is 0.495 e. The third kappa shape index (κ3) is 2.03. The second-order valence-electron chi connectivity index (χ2n) is 3.32. The zero-order valence-electron chi connectivity index (χ0n) is 8.85. The molecule has 1 aromatic heterocycles. The van der Waals surface area contributed by atoms with Gasteiger partial charge in [0, 0.05) is 18.3 Å². The van der Waals surface area contributed by atoms with Crippen molar-refractivity contribution in [2.24, 2.45) is 5.73 Å². The van der Waals surface area contributed by atoms with Crippen molar-refractivity contribution in [1.29, 1.82) is 0 Å². The van der Waals surface area contributed by atoms with E-state index in [0.717, 1.165) is 11.3 Å². The average Bonchev–Trinajstić information content (AvgIpc) is 2.77. The van der Waals surface area contributed by atoms with E-state index in [1.807, 2.05) is 18.3 Å². The molecule has 0 unspecified atom stereocenters. The summed E-state index contributed by atoms with van der Waals surface area (Å²) in [6, 6.07) is 5.49. The third-order valence-electron chi connectivity index (χ3n) is 2.27.